The zero-order valence-corrected chi connectivity index (χ0v) is 15.0. The molecule has 1 heterocycles. The SMILES string of the molecule is CC1CCC(N2CCN(Cc3cccc4ccccc34)CC2)CC1. The minimum Gasteiger partial charge on any atom is -0.298 e. The summed E-state index contributed by atoms with van der Waals surface area (Å²) in [7, 11) is 0. The normalized spacial score (nSPS) is 26.7. The summed E-state index contributed by atoms with van der Waals surface area (Å²) >= 11 is 0. The fourth-order valence-corrected chi connectivity index (χ4v) is 4.57. The Bertz CT molecular complexity index is 659. The molecule has 128 valence electrons. The molecule has 0 bridgehead atoms. The van der Waals surface area contributed by atoms with Gasteiger partial charge in [0.25, 0.3) is 0 Å². The summed E-state index contributed by atoms with van der Waals surface area (Å²) in [5, 5.41) is 2.79. The van der Waals surface area contributed by atoms with E-state index in [2.05, 4.69) is 59.2 Å². The van der Waals surface area contributed by atoms with Gasteiger partial charge in [-0.05, 0) is 47.9 Å². The number of hydrogen-bond acceptors (Lipinski definition) is 2. The number of fused-ring (bicyclic) bond motifs is 1. The Morgan fingerprint density at radius 3 is 2.33 bits per heavy atom. The molecule has 2 aromatic rings. The molecule has 0 amide bonds. The predicted molar refractivity (Wildman–Crippen MR) is 102 cm³/mol. The molecule has 1 saturated heterocycles. The molecule has 1 saturated carbocycles. The van der Waals surface area contributed by atoms with Crippen molar-refractivity contribution in [2.45, 2.75) is 45.2 Å². The standard InChI is InChI=1S/C22H30N2/c1-18-9-11-21(12-10-18)24-15-13-23(14-16-24)17-20-7-4-6-19-5-2-3-8-22(19)20/h2-8,18,21H,9-17H2,1H3. The van der Waals surface area contributed by atoms with Crippen LogP contribution in [0.25, 0.3) is 10.8 Å². The van der Waals surface area contributed by atoms with Crippen molar-refractivity contribution < 1.29 is 0 Å². The van der Waals surface area contributed by atoms with Crippen molar-refractivity contribution >= 4 is 10.8 Å². The number of nitrogens with zero attached hydrogens (tertiary/aromatic N) is 2. The molecule has 0 radical (unpaired) electrons. The highest BCUT2D eigenvalue weighted by atomic mass is 15.3. The highest BCUT2D eigenvalue weighted by molar-refractivity contribution is 5.85. The van der Waals surface area contributed by atoms with Gasteiger partial charge in [0.15, 0.2) is 0 Å². The fraction of sp³-hybridized carbons (Fsp3) is 0.545. The molecule has 24 heavy (non-hydrogen) atoms. The lowest BCUT2D eigenvalue weighted by Crippen LogP contribution is -2.50. The van der Waals surface area contributed by atoms with Gasteiger partial charge < -0.3 is 0 Å². The van der Waals surface area contributed by atoms with Crippen LogP contribution in [0.2, 0.25) is 0 Å². The molecule has 0 aromatic heterocycles. The maximum absolute atomic E-state index is 2.77. The van der Waals surface area contributed by atoms with Gasteiger partial charge in [0.2, 0.25) is 0 Å². The Balaban J connectivity index is 1.36. The Labute approximate surface area is 146 Å². The van der Waals surface area contributed by atoms with Crippen LogP contribution >= 0.6 is 0 Å². The van der Waals surface area contributed by atoms with Gasteiger partial charge in [0, 0.05) is 38.8 Å². The van der Waals surface area contributed by atoms with Crippen LogP contribution in [0.15, 0.2) is 42.5 Å². The second-order valence-corrected chi connectivity index (χ2v) is 7.86. The second kappa shape index (κ2) is 7.25. The van der Waals surface area contributed by atoms with Crippen LogP contribution in [0.5, 0.6) is 0 Å². The second-order valence-electron chi connectivity index (χ2n) is 7.86. The van der Waals surface area contributed by atoms with Gasteiger partial charge in [0.1, 0.15) is 0 Å². The van der Waals surface area contributed by atoms with Crippen molar-refractivity contribution in [2.75, 3.05) is 26.2 Å². The van der Waals surface area contributed by atoms with Crippen molar-refractivity contribution in [1.82, 2.24) is 9.80 Å². The van der Waals surface area contributed by atoms with E-state index in [4.69, 9.17) is 0 Å². The summed E-state index contributed by atoms with van der Waals surface area (Å²) in [6.07, 6.45) is 5.71. The topological polar surface area (TPSA) is 6.48 Å². The summed E-state index contributed by atoms with van der Waals surface area (Å²) in [6.45, 7) is 8.45. The molecule has 2 aromatic carbocycles. The van der Waals surface area contributed by atoms with E-state index in [0.29, 0.717) is 0 Å². The Hall–Kier alpha value is -1.38. The summed E-state index contributed by atoms with van der Waals surface area (Å²) in [4.78, 5) is 5.41. The molecule has 0 unspecified atom stereocenters. The lowest BCUT2D eigenvalue weighted by molar-refractivity contribution is 0.0691. The maximum atomic E-state index is 2.77. The third-order valence-electron chi connectivity index (χ3n) is 6.18. The summed E-state index contributed by atoms with van der Waals surface area (Å²) < 4.78 is 0. The molecule has 2 nitrogen and oxygen atoms in total. The first kappa shape index (κ1) is 16.1. The molecule has 1 aliphatic heterocycles. The Morgan fingerprint density at radius 1 is 0.833 bits per heavy atom. The average Bonchev–Trinajstić information content (AvgIpc) is 2.63. The number of hydrogen-bond donors (Lipinski definition) is 0. The molecule has 1 aliphatic carbocycles. The predicted octanol–water partition coefficient (Wildman–Crippen LogP) is 4.54. The van der Waals surface area contributed by atoms with Crippen LogP contribution in [0.3, 0.4) is 0 Å². The zero-order chi connectivity index (χ0) is 16.4. The average molecular weight is 322 g/mol. The Kier molecular flexibility index (Phi) is 4.86. The zero-order valence-electron chi connectivity index (χ0n) is 15.0. The van der Waals surface area contributed by atoms with Crippen LogP contribution < -0.4 is 0 Å². The van der Waals surface area contributed by atoms with Crippen LogP contribution in [0.4, 0.5) is 0 Å². The smallest absolute Gasteiger partial charge is 0.0240 e. The minimum absolute atomic E-state index is 0.862. The monoisotopic (exact) mass is 322 g/mol. The van der Waals surface area contributed by atoms with Crippen molar-refractivity contribution in [3.05, 3.63) is 48.0 Å². The van der Waals surface area contributed by atoms with E-state index in [-0.39, 0.29) is 0 Å². The van der Waals surface area contributed by atoms with E-state index in [1.54, 1.807) is 0 Å². The molecule has 4 rings (SSSR count). The van der Waals surface area contributed by atoms with Gasteiger partial charge in [-0.3, -0.25) is 9.80 Å². The van der Waals surface area contributed by atoms with Gasteiger partial charge in [-0.25, -0.2) is 0 Å². The largest absolute Gasteiger partial charge is 0.298 e. The summed E-state index contributed by atoms with van der Waals surface area (Å²) in [5.74, 6) is 0.953. The number of benzene rings is 2. The number of rotatable bonds is 3. The van der Waals surface area contributed by atoms with E-state index in [9.17, 15) is 0 Å². The lowest BCUT2D eigenvalue weighted by atomic mass is 9.86. The van der Waals surface area contributed by atoms with Gasteiger partial charge in [-0.15, -0.1) is 0 Å². The first-order valence-corrected chi connectivity index (χ1v) is 9.72. The summed E-state index contributed by atoms with van der Waals surface area (Å²) in [6, 6.07) is 16.4. The van der Waals surface area contributed by atoms with Gasteiger partial charge in [-0.2, -0.15) is 0 Å². The molecule has 2 fully saturated rings. The van der Waals surface area contributed by atoms with Crippen LogP contribution in [-0.2, 0) is 6.54 Å². The lowest BCUT2D eigenvalue weighted by Gasteiger charge is -2.41. The van der Waals surface area contributed by atoms with Gasteiger partial charge >= 0.3 is 0 Å². The molecule has 0 spiro atoms. The van der Waals surface area contributed by atoms with Crippen molar-refractivity contribution in [3.63, 3.8) is 0 Å². The third kappa shape index (κ3) is 3.50. The highest BCUT2D eigenvalue weighted by Crippen LogP contribution is 2.28. The van der Waals surface area contributed by atoms with E-state index < -0.39 is 0 Å². The molecule has 0 N–H and O–H groups in total. The van der Waals surface area contributed by atoms with E-state index in [1.165, 1.54) is 68.2 Å². The molecule has 2 aliphatic rings. The molecular weight excluding hydrogens is 292 g/mol. The minimum atomic E-state index is 0.862. The first-order valence-electron chi connectivity index (χ1n) is 9.72. The van der Waals surface area contributed by atoms with E-state index >= 15 is 0 Å². The van der Waals surface area contributed by atoms with Crippen LogP contribution in [-0.4, -0.2) is 42.0 Å². The first-order chi connectivity index (χ1) is 11.8. The molecular formula is C22H30N2. The van der Waals surface area contributed by atoms with Gasteiger partial charge in [-0.1, -0.05) is 49.4 Å². The van der Waals surface area contributed by atoms with Crippen LogP contribution in [0, 0.1) is 5.92 Å². The van der Waals surface area contributed by atoms with Crippen molar-refractivity contribution in [3.8, 4) is 0 Å². The maximum Gasteiger partial charge on any atom is 0.0240 e. The molecule has 2 heteroatoms. The van der Waals surface area contributed by atoms with Crippen molar-refractivity contribution in [1.29, 1.82) is 0 Å². The van der Waals surface area contributed by atoms with Crippen LogP contribution in [0.1, 0.15) is 38.2 Å². The number of piperazine rings is 1. The van der Waals surface area contributed by atoms with E-state index in [1.807, 2.05) is 0 Å². The van der Waals surface area contributed by atoms with Gasteiger partial charge in [0.05, 0.1) is 0 Å². The van der Waals surface area contributed by atoms with Crippen molar-refractivity contribution in [2.24, 2.45) is 5.92 Å². The van der Waals surface area contributed by atoms with E-state index in [0.717, 1.165) is 18.5 Å². The summed E-state index contributed by atoms with van der Waals surface area (Å²) in [5.41, 5.74) is 1.48. The quantitative estimate of drug-likeness (QED) is 0.819. The Morgan fingerprint density at radius 2 is 1.54 bits per heavy atom. The fourth-order valence-electron chi connectivity index (χ4n) is 4.57. The third-order valence-corrected chi connectivity index (χ3v) is 6.18. The highest BCUT2D eigenvalue weighted by Gasteiger charge is 2.27. The molecule has 0 atom stereocenters.